The summed E-state index contributed by atoms with van der Waals surface area (Å²) in [4.78, 5) is 42.2. The number of aromatic nitrogens is 2. The minimum atomic E-state index is -0.847. The third kappa shape index (κ3) is 6.47. The smallest absolute Gasteiger partial charge is 0.243 e. The van der Waals surface area contributed by atoms with Crippen LogP contribution in [-0.2, 0) is 20.8 Å². The van der Waals surface area contributed by atoms with E-state index in [1.165, 1.54) is 6.33 Å². The summed E-state index contributed by atoms with van der Waals surface area (Å²) in [7, 11) is 0. The van der Waals surface area contributed by atoms with Crippen molar-refractivity contribution in [1.82, 2.24) is 20.6 Å². The summed E-state index contributed by atoms with van der Waals surface area (Å²) in [5, 5.41) is 5.21. The molecular weight excluding hydrogens is 312 g/mol. The van der Waals surface area contributed by atoms with E-state index in [9.17, 15) is 14.4 Å². The highest BCUT2D eigenvalue weighted by molar-refractivity contribution is 5.89. The quantitative estimate of drug-likeness (QED) is 0.245. The average Bonchev–Trinajstić information content (AvgIpc) is 2.98. The Labute approximate surface area is 141 Å². The van der Waals surface area contributed by atoms with Crippen molar-refractivity contribution in [2.45, 2.75) is 44.7 Å². The minimum absolute atomic E-state index is 0.210. The fourth-order valence-corrected chi connectivity index (χ4v) is 2.21. The maximum Gasteiger partial charge on any atom is 0.243 e. The Balaban J connectivity index is 2.73. The minimum Gasteiger partial charge on any atom is -0.348 e. The van der Waals surface area contributed by atoms with Crippen molar-refractivity contribution >= 4 is 18.1 Å². The Hall–Kier alpha value is -2.26. The van der Waals surface area contributed by atoms with Crippen LogP contribution in [0, 0.1) is 6.92 Å². The normalized spacial score (nSPS) is 13.1. The van der Waals surface area contributed by atoms with Gasteiger partial charge in [0.05, 0.1) is 24.6 Å². The molecule has 0 aliphatic rings. The number of rotatable bonds is 11. The third-order valence-electron chi connectivity index (χ3n) is 3.63. The predicted octanol–water partition coefficient (Wildman–Crippen LogP) is -1.48. The molecule has 134 valence electrons. The van der Waals surface area contributed by atoms with E-state index in [1.54, 1.807) is 0 Å². The Bertz CT molecular complexity index is 545. The van der Waals surface area contributed by atoms with Gasteiger partial charge in [0.1, 0.15) is 12.3 Å². The number of carbonyl (C=O) groups excluding carboxylic acids is 3. The Kier molecular flexibility index (Phi) is 8.66. The van der Waals surface area contributed by atoms with E-state index in [1.807, 2.05) is 6.92 Å². The van der Waals surface area contributed by atoms with E-state index < -0.39 is 23.9 Å². The van der Waals surface area contributed by atoms with Gasteiger partial charge in [-0.1, -0.05) is 0 Å². The molecular formula is C15H26N6O3. The molecule has 0 radical (unpaired) electrons. The van der Waals surface area contributed by atoms with E-state index >= 15 is 0 Å². The maximum atomic E-state index is 12.4. The first-order valence-electron chi connectivity index (χ1n) is 7.95. The molecule has 0 aromatic carbocycles. The number of aryl methyl sites for hydroxylation is 1. The third-order valence-corrected chi connectivity index (χ3v) is 3.63. The van der Waals surface area contributed by atoms with Gasteiger partial charge in [0.15, 0.2) is 0 Å². The number of nitrogens with two attached hydrogens (primary N) is 2. The lowest BCUT2D eigenvalue weighted by atomic mass is 10.1. The maximum absolute atomic E-state index is 12.4. The molecule has 9 nitrogen and oxygen atoms in total. The van der Waals surface area contributed by atoms with E-state index in [0.717, 1.165) is 18.5 Å². The van der Waals surface area contributed by atoms with E-state index in [4.69, 9.17) is 11.5 Å². The van der Waals surface area contributed by atoms with Crippen LogP contribution in [0.1, 0.15) is 30.7 Å². The zero-order valence-electron chi connectivity index (χ0n) is 13.9. The molecule has 2 atom stereocenters. The molecule has 0 bridgehead atoms. The second-order valence-electron chi connectivity index (χ2n) is 5.54. The fraction of sp³-hybridized carbons (Fsp3) is 0.600. The van der Waals surface area contributed by atoms with Crippen LogP contribution in [0.3, 0.4) is 0 Å². The lowest BCUT2D eigenvalue weighted by Gasteiger charge is -2.20. The van der Waals surface area contributed by atoms with E-state index in [-0.39, 0.29) is 13.0 Å². The van der Waals surface area contributed by atoms with Gasteiger partial charge in [-0.3, -0.25) is 9.59 Å². The van der Waals surface area contributed by atoms with Gasteiger partial charge in [-0.2, -0.15) is 0 Å². The van der Waals surface area contributed by atoms with Gasteiger partial charge in [-0.15, -0.1) is 0 Å². The van der Waals surface area contributed by atoms with Gasteiger partial charge in [-0.05, 0) is 32.7 Å². The van der Waals surface area contributed by atoms with Gasteiger partial charge in [-0.25, -0.2) is 4.98 Å². The number of aromatic amines is 1. The molecule has 9 heteroatoms. The molecule has 0 aliphatic carbocycles. The molecule has 0 saturated carbocycles. The number of nitrogens with zero attached hydrogens (tertiary/aromatic N) is 1. The SMILES string of the molecule is Cc1[nH]cnc1C[C@H](NC(=O)CN)C(=O)N[C@H](C=O)CCCCN. The van der Waals surface area contributed by atoms with Crippen molar-refractivity contribution in [1.29, 1.82) is 0 Å². The number of imidazole rings is 1. The molecule has 0 fully saturated rings. The molecule has 0 unspecified atom stereocenters. The van der Waals surface area contributed by atoms with Crippen molar-refractivity contribution in [3.63, 3.8) is 0 Å². The summed E-state index contributed by atoms with van der Waals surface area (Å²) >= 11 is 0. The van der Waals surface area contributed by atoms with Crippen LogP contribution in [0.2, 0.25) is 0 Å². The molecule has 1 aromatic heterocycles. The first-order chi connectivity index (χ1) is 11.5. The van der Waals surface area contributed by atoms with Crippen LogP contribution in [0.25, 0.3) is 0 Å². The van der Waals surface area contributed by atoms with Crippen LogP contribution in [-0.4, -0.2) is 53.2 Å². The number of aldehydes is 1. The van der Waals surface area contributed by atoms with Crippen molar-refractivity contribution in [3.05, 3.63) is 17.7 Å². The van der Waals surface area contributed by atoms with E-state index in [2.05, 4.69) is 20.6 Å². The number of H-pyrrole nitrogens is 1. The molecule has 7 N–H and O–H groups in total. The number of amides is 2. The Morgan fingerprint density at radius 1 is 1.33 bits per heavy atom. The summed E-state index contributed by atoms with van der Waals surface area (Å²) in [6.07, 6.45) is 4.44. The number of hydrogen-bond acceptors (Lipinski definition) is 6. The Morgan fingerprint density at radius 2 is 2.08 bits per heavy atom. The first-order valence-corrected chi connectivity index (χ1v) is 7.95. The van der Waals surface area contributed by atoms with Crippen molar-refractivity contribution < 1.29 is 14.4 Å². The average molecular weight is 338 g/mol. The summed E-state index contributed by atoms with van der Waals surface area (Å²) in [6, 6.07) is -1.46. The molecule has 0 spiro atoms. The largest absolute Gasteiger partial charge is 0.348 e. The zero-order valence-corrected chi connectivity index (χ0v) is 13.9. The summed E-state index contributed by atoms with van der Waals surface area (Å²) in [5.41, 5.74) is 12.2. The van der Waals surface area contributed by atoms with Gasteiger partial charge in [0, 0.05) is 12.1 Å². The number of nitrogens with one attached hydrogen (secondary N) is 3. The highest BCUT2D eigenvalue weighted by Crippen LogP contribution is 2.06. The summed E-state index contributed by atoms with van der Waals surface area (Å²) in [6.45, 7) is 2.13. The second kappa shape index (κ2) is 10.5. The molecule has 0 aliphatic heterocycles. The van der Waals surface area contributed by atoms with Crippen LogP contribution in [0.15, 0.2) is 6.33 Å². The molecule has 0 saturated heterocycles. The monoisotopic (exact) mass is 338 g/mol. The van der Waals surface area contributed by atoms with Gasteiger partial charge < -0.3 is 31.9 Å². The van der Waals surface area contributed by atoms with Crippen LogP contribution in [0.4, 0.5) is 0 Å². The van der Waals surface area contributed by atoms with Crippen LogP contribution < -0.4 is 22.1 Å². The summed E-state index contributed by atoms with van der Waals surface area (Å²) in [5.74, 6) is -0.891. The highest BCUT2D eigenvalue weighted by Gasteiger charge is 2.24. The van der Waals surface area contributed by atoms with Crippen molar-refractivity contribution in [2.24, 2.45) is 11.5 Å². The van der Waals surface area contributed by atoms with Gasteiger partial charge in [0.25, 0.3) is 0 Å². The number of hydrogen-bond donors (Lipinski definition) is 5. The number of unbranched alkanes of at least 4 members (excludes halogenated alkanes) is 1. The van der Waals surface area contributed by atoms with Gasteiger partial charge in [0.2, 0.25) is 11.8 Å². The standard InChI is InChI=1S/C15H26N6O3/c1-10-12(19-9-18-10)6-13(21-14(23)7-17)15(24)20-11(8-22)4-2-3-5-16/h8-9,11,13H,2-7,16-17H2,1H3,(H,18,19)(H,20,24)(H,21,23)/t11-,13-/m0/s1. The molecule has 2 amide bonds. The van der Waals surface area contributed by atoms with E-state index in [0.29, 0.717) is 24.9 Å². The van der Waals surface area contributed by atoms with Crippen LogP contribution in [0.5, 0.6) is 0 Å². The molecule has 1 heterocycles. The zero-order chi connectivity index (χ0) is 17.9. The topological polar surface area (TPSA) is 156 Å². The summed E-state index contributed by atoms with van der Waals surface area (Å²) < 4.78 is 0. The van der Waals surface area contributed by atoms with Gasteiger partial charge >= 0.3 is 0 Å². The van der Waals surface area contributed by atoms with Crippen LogP contribution >= 0.6 is 0 Å². The van der Waals surface area contributed by atoms with Crippen molar-refractivity contribution in [2.75, 3.05) is 13.1 Å². The fourth-order valence-electron chi connectivity index (χ4n) is 2.21. The molecule has 24 heavy (non-hydrogen) atoms. The van der Waals surface area contributed by atoms with Crippen molar-refractivity contribution in [3.8, 4) is 0 Å². The Morgan fingerprint density at radius 3 is 2.62 bits per heavy atom. The lowest BCUT2D eigenvalue weighted by Crippen LogP contribution is -2.52. The highest BCUT2D eigenvalue weighted by atomic mass is 16.2. The first kappa shape index (κ1) is 19.8. The second-order valence-corrected chi connectivity index (χ2v) is 5.54. The predicted molar refractivity (Wildman–Crippen MR) is 88.9 cm³/mol. The lowest BCUT2D eigenvalue weighted by molar-refractivity contribution is -0.129. The number of carbonyl (C=O) groups is 3. The molecule has 1 aromatic rings. The molecule has 1 rings (SSSR count).